The van der Waals surface area contributed by atoms with Crippen molar-refractivity contribution < 1.29 is 0 Å². The van der Waals surface area contributed by atoms with Gasteiger partial charge >= 0.3 is 0 Å². The van der Waals surface area contributed by atoms with Gasteiger partial charge in [0.05, 0.1) is 0 Å². The molecule has 1 aliphatic heterocycles. The van der Waals surface area contributed by atoms with Crippen LogP contribution in [0, 0.1) is 0 Å². The molecule has 52 valence electrons. The van der Waals surface area contributed by atoms with E-state index in [-0.39, 0.29) is 0 Å². The Morgan fingerprint density at radius 2 is 2.22 bits per heavy atom. The maximum Gasteiger partial charge on any atom is 0.0197 e. The molecule has 0 aliphatic carbocycles. The van der Waals surface area contributed by atoms with Crippen LogP contribution in [0.2, 0.25) is 0 Å². The largest absolute Gasteiger partial charge is 0.302 e. The van der Waals surface area contributed by atoms with Crippen molar-refractivity contribution in [3.8, 4) is 0 Å². The summed E-state index contributed by atoms with van der Waals surface area (Å²) >= 11 is 2.45. The van der Waals surface area contributed by atoms with Crippen molar-refractivity contribution >= 4 is 22.6 Å². The Kier molecular flexibility index (Phi) is 2.52. The van der Waals surface area contributed by atoms with Crippen molar-refractivity contribution in [3.63, 3.8) is 0 Å². The number of hydrogen-bond donors (Lipinski definition) is 0. The lowest BCUT2D eigenvalue weighted by atomic mass is 10.1. The van der Waals surface area contributed by atoms with Crippen molar-refractivity contribution in [2.45, 2.75) is 13.3 Å². The van der Waals surface area contributed by atoms with Crippen molar-refractivity contribution in [3.05, 3.63) is 9.15 Å². The van der Waals surface area contributed by atoms with Gasteiger partial charge in [-0.15, -0.1) is 0 Å². The van der Waals surface area contributed by atoms with Gasteiger partial charge in [0.15, 0.2) is 0 Å². The summed E-state index contributed by atoms with van der Waals surface area (Å²) in [6.07, 6.45) is 1.25. The Morgan fingerprint density at radius 3 is 2.67 bits per heavy atom. The first-order valence-corrected chi connectivity index (χ1v) is 4.30. The Labute approximate surface area is 70.3 Å². The fraction of sp³-hybridized carbons (Fsp3) is 0.714. The molecule has 0 saturated carbocycles. The lowest BCUT2D eigenvalue weighted by Gasteiger charge is -2.23. The number of nitrogens with zero attached hydrogens (tertiary/aromatic N) is 1. The highest BCUT2D eigenvalue weighted by molar-refractivity contribution is 14.1. The minimum atomic E-state index is 1.16. The Morgan fingerprint density at radius 1 is 1.56 bits per heavy atom. The number of hydrogen-bond acceptors (Lipinski definition) is 1. The van der Waals surface area contributed by atoms with E-state index in [9.17, 15) is 0 Å². The second kappa shape index (κ2) is 3.01. The standard InChI is InChI=1S/C7H12IN/c1-6-5-9(2)4-3-7(6)8/h3-5H2,1-2H3. The molecule has 2 heteroatoms. The quantitative estimate of drug-likeness (QED) is 0.582. The molecule has 0 aromatic heterocycles. The molecule has 0 amide bonds. The number of rotatable bonds is 0. The Hall–Kier alpha value is 0.430. The first-order chi connectivity index (χ1) is 4.20. The molecule has 1 heterocycles. The van der Waals surface area contributed by atoms with Crippen molar-refractivity contribution in [1.29, 1.82) is 0 Å². The maximum atomic E-state index is 2.45. The minimum absolute atomic E-state index is 1.16. The molecule has 1 rings (SSSR count). The number of halogens is 1. The fourth-order valence-corrected chi connectivity index (χ4v) is 1.48. The van der Waals surface area contributed by atoms with Crippen LogP contribution >= 0.6 is 22.6 Å². The van der Waals surface area contributed by atoms with Crippen LogP contribution < -0.4 is 0 Å². The molecule has 0 spiro atoms. The van der Waals surface area contributed by atoms with Gasteiger partial charge in [-0.25, -0.2) is 0 Å². The van der Waals surface area contributed by atoms with Crippen LogP contribution in [0.1, 0.15) is 13.3 Å². The van der Waals surface area contributed by atoms with Gasteiger partial charge < -0.3 is 4.90 Å². The molecule has 0 fully saturated rings. The van der Waals surface area contributed by atoms with Crippen LogP contribution in [0.25, 0.3) is 0 Å². The van der Waals surface area contributed by atoms with E-state index in [4.69, 9.17) is 0 Å². The van der Waals surface area contributed by atoms with Crippen molar-refractivity contribution in [2.75, 3.05) is 20.1 Å². The van der Waals surface area contributed by atoms with E-state index in [1.165, 1.54) is 13.0 Å². The maximum absolute atomic E-state index is 2.45. The van der Waals surface area contributed by atoms with E-state index >= 15 is 0 Å². The van der Waals surface area contributed by atoms with Crippen LogP contribution in [0.4, 0.5) is 0 Å². The molecule has 0 atom stereocenters. The smallest absolute Gasteiger partial charge is 0.0197 e. The summed E-state index contributed by atoms with van der Waals surface area (Å²) in [5, 5.41) is 0. The van der Waals surface area contributed by atoms with Gasteiger partial charge in [0.1, 0.15) is 0 Å². The van der Waals surface area contributed by atoms with Gasteiger partial charge in [-0.3, -0.25) is 0 Å². The zero-order chi connectivity index (χ0) is 6.85. The molecule has 0 unspecified atom stereocenters. The van der Waals surface area contributed by atoms with Crippen LogP contribution in [0.5, 0.6) is 0 Å². The molecule has 0 aromatic carbocycles. The zero-order valence-electron chi connectivity index (χ0n) is 5.95. The molecule has 0 bridgehead atoms. The van der Waals surface area contributed by atoms with Gasteiger partial charge in [0.25, 0.3) is 0 Å². The lowest BCUT2D eigenvalue weighted by molar-refractivity contribution is 0.354. The summed E-state index contributed by atoms with van der Waals surface area (Å²) in [4.78, 5) is 2.36. The molecule has 1 aliphatic rings. The topological polar surface area (TPSA) is 3.24 Å². The van der Waals surface area contributed by atoms with Crippen LogP contribution in [0.15, 0.2) is 9.15 Å². The summed E-state index contributed by atoms with van der Waals surface area (Å²) < 4.78 is 1.56. The molecule has 0 N–H and O–H groups in total. The van der Waals surface area contributed by atoms with Gasteiger partial charge in [0.2, 0.25) is 0 Å². The second-order valence-electron chi connectivity index (χ2n) is 2.67. The Balaban J connectivity index is 2.61. The average Bonchev–Trinajstić information content (AvgIpc) is 1.80. The predicted molar refractivity (Wildman–Crippen MR) is 48.8 cm³/mol. The van der Waals surface area contributed by atoms with E-state index in [0.29, 0.717) is 0 Å². The molecule has 9 heavy (non-hydrogen) atoms. The van der Waals surface area contributed by atoms with Crippen molar-refractivity contribution in [2.24, 2.45) is 0 Å². The molecule has 0 radical (unpaired) electrons. The average molecular weight is 237 g/mol. The van der Waals surface area contributed by atoms with E-state index in [1.807, 2.05) is 0 Å². The fourth-order valence-electron chi connectivity index (χ4n) is 1.07. The molecule has 1 nitrogen and oxygen atoms in total. The highest BCUT2D eigenvalue weighted by Gasteiger charge is 2.09. The van der Waals surface area contributed by atoms with Gasteiger partial charge in [-0.05, 0) is 52.1 Å². The highest BCUT2D eigenvalue weighted by Crippen LogP contribution is 2.21. The molecular formula is C7H12IN. The summed E-state index contributed by atoms with van der Waals surface area (Å²) in [5.74, 6) is 0. The molecule has 0 aromatic rings. The van der Waals surface area contributed by atoms with E-state index in [0.717, 1.165) is 6.54 Å². The van der Waals surface area contributed by atoms with Gasteiger partial charge in [-0.2, -0.15) is 0 Å². The van der Waals surface area contributed by atoms with Crippen LogP contribution in [-0.4, -0.2) is 25.0 Å². The van der Waals surface area contributed by atoms with Crippen molar-refractivity contribution in [1.82, 2.24) is 4.90 Å². The third kappa shape index (κ3) is 1.93. The second-order valence-corrected chi connectivity index (χ2v) is 3.98. The van der Waals surface area contributed by atoms with E-state index in [2.05, 4.69) is 41.5 Å². The molecule has 0 saturated heterocycles. The van der Waals surface area contributed by atoms with Gasteiger partial charge in [-0.1, -0.05) is 0 Å². The first-order valence-electron chi connectivity index (χ1n) is 3.23. The molecular weight excluding hydrogens is 225 g/mol. The summed E-state index contributed by atoms with van der Waals surface area (Å²) in [6.45, 7) is 4.62. The normalized spacial score (nSPS) is 23.0. The van der Waals surface area contributed by atoms with Gasteiger partial charge in [0, 0.05) is 13.1 Å². The SMILES string of the molecule is CC1=C(I)CCN(C)C1. The van der Waals surface area contributed by atoms with E-state index < -0.39 is 0 Å². The first kappa shape index (κ1) is 7.54. The number of likely N-dealkylation sites (N-methyl/N-ethyl adjacent to an activating group) is 1. The predicted octanol–water partition coefficient (Wildman–Crippen LogP) is 2.03. The van der Waals surface area contributed by atoms with E-state index in [1.54, 1.807) is 9.15 Å². The third-order valence-corrected chi connectivity index (χ3v) is 3.14. The minimum Gasteiger partial charge on any atom is -0.302 e. The monoisotopic (exact) mass is 237 g/mol. The summed E-state index contributed by atoms with van der Waals surface area (Å²) in [5.41, 5.74) is 1.55. The third-order valence-electron chi connectivity index (χ3n) is 1.68. The Bertz CT molecular complexity index is 140. The lowest BCUT2D eigenvalue weighted by Crippen LogP contribution is -2.25. The summed E-state index contributed by atoms with van der Waals surface area (Å²) in [7, 11) is 2.17. The highest BCUT2D eigenvalue weighted by atomic mass is 127. The van der Waals surface area contributed by atoms with Crippen LogP contribution in [0.3, 0.4) is 0 Å². The zero-order valence-corrected chi connectivity index (χ0v) is 8.10. The van der Waals surface area contributed by atoms with Crippen LogP contribution in [-0.2, 0) is 0 Å². The summed E-state index contributed by atoms with van der Waals surface area (Å²) in [6, 6.07) is 0.